The smallest absolute Gasteiger partial charge is 0.191 e. The number of hydrogen-bond donors (Lipinski definition) is 2. The zero-order valence-electron chi connectivity index (χ0n) is 16.6. The Kier molecular flexibility index (Phi) is 13.6. The van der Waals surface area contributed by atoms with E-state index in [4.69, 9.17) is 18.9 Å². The molecule has 1 aliphatic rings. The first-order valence-corrected chi connectivity index (χ1v) is 9.71. The van der Waals surface area contributed by atoms with Gasteiger partial charge in [0.1, 0.15) is 5.76 Å². The molecule has 0 amide bonds. The molecule has 1 unspecified atom stereocenters. The first-order chi connectivity index (χ1) is 12.8. The number of guanidine groups is 1. The highest BCUT2D eigenvalue weighted by molar-refractivity contribution is 14.0. The molecule has 0 radical (unpaired) electrons. The van der Waals surface area contributed by atoms with Crippen LogP contribution in [-0.2, 0) is 9.47 Å². The van der Waals surface area contributed by atoms with E-state index in [1.807, 2.05) is 6.07 Å². The van der Waals surface area contributed by atoms with Crippen LogP contribution in [0.2, 0.25) is 0 Å². The van der Waals surface area contributed by atoms with Gasteiger partial charge < -0.3 is 24.5 Å². The van der Waals surface area contributed by atoms with Crippen molar-refractivity contribution in [2.24, 2.45) is 4.99 Å². The molecule has 156 valence electrons. The molecule has 0 spiro atoms. The molecule has 0 aromatic carbocycles. The summed E-state index contributed by atoms with van der Waals surface area (Å²) < 4.78 is 16.2. The molecule has 2 rings (SSSR count). The molecule has 1 atom stereocenters. The Morgan fingerprint density at radius 3 is 2.70 bits per heavy atom. The van der Waals surface area contributed by atoms with Crippen molar-refractivity contribution in [3.8, 4) is 0 Å². The van der Waals surface area contributed by atoms with Crippen LogP contribution in [0.15, 0.2) is 27.8 Å². The number of nitrogens with one attached hydrogen (secondary N) is 2. The van der Waals surface area contributed by atoms with E-state index in [-0.39, 0.29) is 30.0 Å². The Balaban J connectivity index is 0.00000364. The predicted molar refractivity (Wildman–Crippen MR) is 119 cm³/mol. The van der Waals surface area contributed by atoms with Crippen molar-refractivity contribution in [2.45, 2.75) is 32.2 Å². The number of aliphatic imine (C=N–C) groups is 1. The maximum Gasteiger partial charge on any atom is 0.191 e. The van der Waals surface area contributed by atoms with Gasteiger partial charge in [0.15, 0.2) is 5.96 Å². The zero-order chi connectivity index (χ0) is 18.5. The van der Waals surface area contributed by atoms with E-state index in [0.29, 0.717) is 32.9 Å². The number of ether oxygens (including phenoxy) is 2. The van der Waals surface area contributed by atoms with Crippen LogP contribution in [0.25, 0.3) is 0 Å². The fraction of sp³-hybridized carbons (Fsp3) is 0.737. The van der Waals surface area contributed by atoms with Gasteiger partial charge in [-0.15, -0.1) is 24.0 Å². The quantitative estimate of drug-likeness (QED) is 0.213. The number of nitrogens with zero attached hydrogens (tertiary/aromatic N) is 2. The fourth-order valence-corrected chi connectivity index (χ4v) is 3.10. The van der Waals surface area contributed by atoms with Gasteiger partial charge in [0.25, 0.3) is 0 Å². The molecule has 1 aromatic rings. The van der Waals surface area contributed by atoms with Crippen molar-refractivity contribution < 1.29 is 13.9 Å². The third-order valence-corrected chi connectivity index (χ3v) is 4.44. The lowest BCUT2D eigenvalue weighted by Crippen LogP contribution is -2.40. The number of halogens is 1. The van der Waals surface area contributed by atoms with E-state index in [2.05, 4.69) is 28.5 Å². The van der Waals surface area contributed by atoms with Crippen LogP contribution in [0.5, 0.6) is 0 Å². The average Bonchev–Trinajstić information content (AvgIpc) is 3.20. The lowest BCUT2D eigenvalue weighted by Gasteiger charge is -2.32. The van der Waals surface area contributed by atoms with E-state index >= 15 is 0 Å². The Morgan fingerprint density at radius 1 is 1.22 bits per heavy atom. The molecule has 7 nitrogen and oxygen atoms in total. The van der Waals surface area contributed by atoms with Gasteiger partial charge in [-0.1, -0.05) is 6.42 Å². The molecule has 0 aliphatic carbocycles. The van der Waals surface area contributed by atoms with Gasteiger partial charge in [0.2, 0.25) is 0 Å². The summed E-state index contributed by atoms with van der Waals surface area (Å²) in [5.41, 5.74) is 0. The number of methoxy groups -OCH3 is 1. The van der Waals surface area contributed by atoms with Crippen molar-refractivity contribution in [3.05, 3.63) is 24.2 Å². The molecular formula is C19H35IN4O3. The van der Waals surface area contributed by atoms with Crippen LogP contribution in [0.3, 0.4) is 0 Å². The lowest BCUT2D eigenvalue weighted by atomic mass is 10.1. The third-order valence-electron chi connectivity index (χ3n) is 4.44. The van der Waals surface area contributed by atoms with Gasteiger partial charge in [0.05, 0.1) is 38.7 Å². The van der Waals surface area contributed by atoms with Crippen LogP contribution < -0.4 is 10.6 Å². The third kappa shape index (κ3) is 9.27. The topological polar surface area (TPSA) is 71.3 Å². The zero-order valence-corrected chi connectivity index (χ0v) is 18.9. The van der Waals surface area contributed by atoms with E-state index in [1.54, 1.807) is 13.4 Å². The van der Waals surface area contributed by atoms with Crippen molar-refractivity contribution in [2.75, 3.05) is 59.7 Å². The average molecular weight is 494 g/mol. The Labute approximate surface area is 180 Å². The summed E-state index contributed by atoms with van der Waals surface area (Å²) in [6, 6.07) is 4.20. The van der Waals surface area contributed by atoms with Gasteiger partial charge in [-0.05, 0) is 45.0 Å². The molecule has 2 N–H and O–H groups in total. The summed E-state index contributed by atoms with van der Waals surface area (Å²) >= 11 is 0. The maximum atomic E-state index is 5.69. The SMILES string of the molecule is CCNC(=NCC(c1ccco1)N1CCCCC1)NCCOCCOC.I. The summed E-state index contributed by atoms with van der Waals surface area (Å²) in [6.07, 6.45) is 5.56. The van der Waals surface area contributed by atoms with E-state index in [0.717, 1.165) is 31.4 Å². The van der Waals surface area contributed by atoms with Crippen LogP contribution in [0, 0.1) is 0 Å². The first-order valence-electron chi connectivity index (χ1n) is 9.71. The van der Waals surface area contributed by atoms with Crippen molar-refractivity contribution >= 4 is 29.9 Å². The standard InChI is InChI=1S/C19H34N4O3.HI/c1-3-20-19(21-9-13-25-15-14-24-2)22-16-17(18-8-7-12-26-18)23-10-5-4-6-11-23;/h7-8,12,17H,3-6,9-11,13-16H2,1-2H3,(H2,20,21,22);1H. The number of furan rings is 1. The van der Waals surface area contributed by atoms with Gasteiger partial charge >= 0.3 is 0 Å². The van der Waals surface area contributed by atoms with Gasteiger partial charge in [-0.3, -0.25) is 9.89 Å². The molecule has 8 heteroatoms. The first kappa shape index (κ1) is 24.2. The normalized spacial score (nSPS) is 16.6. The minimum absolute atomic E-state index is 0. The monoisotopic (exact) mass is 494 g/mol. The minimum Gasteiger partial charge on any atom is -0.468 e. The predicted octanol–water partition coefficient (Wildman–Crippen LogP) is 2.64. The summed E-state index contributed by atoms with van der Waals surface area (Å²) in [5, 5.41) is 6.62. The molecule has 2 heterocycles. The molecule has 27 heavy (non-hydrogen) atoms. The number of rotatable bonds is 11. The second-order valence-corrected chi connectivity index (χ2v) is 6.38. The highest BCUT2D eigenvalue weighted by Crippen LogP contribution is 2.25. The fourth-order valence-electron chi connectivity index (χ4n) is 3.10. The molecule has 1 fully saturated rings. The molecule has 0 saturated carbocycles. The van der Waals surface area contributed by atoms with Gasteiger partial charge in [-0.25, -0.2) is 0 Å². The second kappa shape index (κ2) is 15.1. The summed E-state index contributed by atoms with van der Waals surface area (Å²) in [4.78, 5) is 7.28. The Morgan fingerprint density at radius 2 is 2.04 bits per heavy atom. The Hall–Kier alpha value is -0.840. The molecule has 1 saturated heterocycles. The van der Waals surface area contributed by atoms with Crippen LogP contribution in [-0.4, -0.2) is 70.5 Å². The van der Waals surface area contributed by atoms with E-state index < -0.39 is 0 Å². The molecule has 1 aliphatic heterocycles. The lowest BCUT2D eigenvalue weighted by molar-refractivity contribution is 0.0733. The molecule has 0 bridgehead atoms. The highest BCUT2D eigenvalue weighted by Gasteiger charge is 2.24. The van der Waals surface area contributed by atoms with E-state index in [9.17, 15) is 0 Å². The van der Waals surface area contributed by atoms with Gasteiger partial charge in [-0.2, -0.15) is 0 Å². The van der Waals surface area contributed by atoms with Crippen molar-refractivity contribution in [3.63, 3.8) is 0 Å². The number of piperidine rings is 1. The second-order valence-electron chi connectivity index (χ2n) is 6.38. The van der Waals surface area contributed by atoms with Crippen LogP contribution >= 0.6 is 24.0 Å². The van der Waals surface area contributed by atoms with Gasteiger partial charge in [0, 0.05) is 20.2 Å². The van der Waals surface area contributed by atoms with Crippen LogP contribution in [0.1, 0.15) is 38.0 Å². The van der Waals surface area contributed by atoms with Crippen LogP contribution in [0.4, 0.5) is 0 Å². The number of hydrogen-bond acceptors (Lipinski definition) is 5. The molecular weight excluding hydrogens is 459 g/mol. The molecule has 1 aromatic heterocycles. The maximum absolute atomic E-state index is 5.69. The largest absolute Gasteiger partial charge is 0.468 e. The Bertz CT molecular complexity index is 493. The minimum atomic E-state index is 0. The van der Waals surface area contributed by atoms with Crippen molar-refractivity contribution in [1.29, 1.82) is 0 Å². The van der Waals surface area contributed by atoms with E-state index in [1.165, 1.54) is 19.3 Å². The summed E-state index contributed by atoms with van der Waals surface area (Å²) in [6.45, 7) is 8.36. The number of likely N-dealkylation sites (tertiary alicyclic amines) is 1. The highest BCUT2D eigenvalue weighted by atomic mass is 127. The summed E-state index contributed by atoms with van der Waals surface area (Å²) in [5.74, 6) is 1.81. The summed E-state index contributed by atoms with van der Waals surface area (Å²) in [7, 11) is 1.68. The van der Waals surface area contributed by atoms with Crippen molar-refractivity contribution in [1.82, 2.24) is 15.5 Å².